The fourth-order valence-electron chi connectivity index (χ4n) is 2.30. The van der Waals surface area contributed by atoms with Gasteiger partial charge in [0.1, 0.15) is 0 Å². The fourth-order valence-corrected chi connectivity index (χ4v) is 2.30. The largest absolute Gasteiger partial charge is 0.350 e. The molecule has 112 valence electrons. The van der Waals surface area contributed by atoms with Gasteiger partial charge in [-0.15, -0.1) is 0 Å². The molecule has 0 saturated carbocycles. The van der Waals surface area contributed by atoms with Crippen LogP contribution < -0.4 is 11.1 Å². The minimum atomic E-state index is 0.0556. The molecule has 0 heterocycles. The van der Waals surface area contributed by atoms with Gasteiger partial charge in [-0.2, -0.15) is 0 Å². The SMILES string of the molecule is Cc1cccc([C@H](C)NC(=O)CCC(C)(C)CCN)c1. The van der Waals surface area contributed by atoms with Gasteiger partial charge in [-0.3, -0.25) is 4.79 Å². The first-order valence-electron chi connectivity index (χ1n) is 7.40. The predicted molar refractivity (Wildman–Crippen MR) is 84.4 cm³/mol. The maximum absolute atomic E-state index is 12.0. The molecule has 1 amide bonds. The highest BCUT2D eigenvalue weighted by Gasteiger charge is 2.19. The summed E-state index contributed by atoms with van der Waals surface area (Å²) in [6.45, 7) is 9.09. The summed E-state index contributed by atoms with van der Waals surface area (Å²) in [5.41, 5.74) is 8.10. The van der Waals surface area contributed by atoms with Gasteiger partial charge in [-0.05, 0) is 44.2 Å². The van der Waals surface area contributed by atoms with Crippen molar-refractivity contribution in [2.24, 2.45) is 11.1 Å². The second-order valence-corrected chi connectivity index (χ2v) is 6.41. The van der Waals surface area contributed by atoms with Gasteiger partial charge in [0.25, 0.3) is 0 Å². The van der Waals surface area contributed by atoms with E-state index >= 15 is 0 Å². The van der Waals surface area contributed by atoms with Crippen LogP contribution in [0.25, 0.3) is 0 Å². The average molecular weight is 276 g/mol. The summed E-state index contributed by atoms with van der Waals surface area (Å²) in [5.74, 6) is 0.115. The van der Waals surface area contributed by atoms with Gasteiger partial charge in [0.05, 0.1) is 6.04 Å². The molecule has 1 aromatic rings. The maximum Gasteiger partial charge on any atom is 0.220 e. The monoisotopic (exact) mass is 276 g/mol. The second-order valence-electron chi connectivity index (χ2n) is 6.41. The molecule has 3 nitrogen and oxygen atoms in total. The van der Waals surface area contributed by atoms with Crippen molar-refractivity contribution in [2.45, 2.75) is 53.0 Å². The van der Waals surface area contributed by atoms with E-state index in [2.05, 4.69) is 44.3 Å². The number of hydrogen-bond acceptors (Lipinski definition) is 2. The minimum Gasteiger partial charge on any atom is -0.350 e. The van der Waals surface area contributed by atoms with Crippen molar-refractivity contribution in [2.75, 3.05) is 6.54 Å². The van der Waals surface area contributed by atoms with E-state index in [1.165, 1.54) is 5.56 Å². The molecule has 0 fully saturated rings. The number of aryl methyl sites for hydroxylation is 1. The Morgan fingerprint density at radius 3 is 2.65 bits per heavy atom. The van der Waals surface area contributed by atoms with Crippen LogP contribution in [0.1, 0.15) is 57.2 Å². The zero-order valence-corrected chi connectivity index (χ0v) is 13.2. The van der Waals surface area contributed by atoms with Gasteiger partial charge in [0, 0.05) is 6.42 Å². The maximum atomic E-state index is 12.0. The summed E-state index contributed by atoms with van der Waals surface area (Å²) in [5, 5.41) is 3.07. The van der Waals surface area contributed by atoms with E-state index < -0.39 is 0 Å². The van der Waals surface area contributed by atoms with Gasteiger partial charge in [-0.1, -0.05) is 43.7 Å². The Hall–Kier alpha value is -1.35. The number of nitrogens with one attached hydrogen (secondary N) is 1. The number of rotatable bonds is 7. The summed E-state index contributed by atoms with van der Waals surface area (Å²) in [6.07, 6.45) is 2.38. The Balaban J connectivity index is 2.46. The number of carbonyl (C=O) groups excluding carboxylic acids is 1. The first-order valence-corrected chi connectivity index (χ1v) is 7.40. The van der Waals surface area contributed by atoms with E-state index in [1.807, 2.05) is 13.0 Å². The van der Waals surface area contributed by atoms with Crippen molar-refractivity contribution in [1.29, 1.82) is 0 Å². The van der Waals surface area contributed by atoms with Crippen molar-refractivity contribution in [1.82, 2.24) is 5.32 Å². The predicted octanol–water partition coefficient (Wildman–Crippen LogP) is 3.33. The van der Waals surface area contributed by atoms with Gasteiger partial charge in [0.2, 0.25) is 5.91 Å². The van der Waals surface area contributed by atoms with Gasteiger partial charge in [0.15, 0.2) is 0 Å². The molecule has 1 rings (SSSR count). The topological polar surface area (TPSA) is 55.1 Å². The Morgan fingerprint density at radius 1 is 1.35 bits per heavy atom. The molecule has 0 radical (unpaired) electrons. The molecule has 0 aliphatic heterocycles. The minimum absolute atomic E-state index is 0.0556. The van der Waals surface area contributed by atoms with Crippen molar-refractivity contribution >= 4 is 5.91 Å². The summed E-state index contributed by atoms with van der Waals surface area (Å²) in [7, 11) is 0. The molecule has 0 saturated heterocycles. The Bertz CT molecular complexity index is 440. The van der Waals surface area contributed by atoms with Crippen molar-refractivity contribution in [3.63, 3.8) is 0 Å². The zero-order chi connectivity index (χ0) is 15.2. The van der Waals surface area contributed by atoms with E-state index in [4.69, 9.17) is 5.73 Å². The lowest BCUT2D eigenvalue weighted by molar-refractivity contribution is -0.122. The van der Waals surface area contributed by atoms with Crippen LogP contribution in [0, 0.1) is 12.3 Å². The second kappa shape index (κ2) is 7.44. The van der Waals surface area contributed by atoms with Crippen LogP contribution in [0.15, 0.2) is 24.3 Å². The number of carbonyl (C=O) groups is 1. The Kier molecular flexibility index (Phi) is 6.21. The standard InChI is InChI=1S/C17H28N2O/c1-13-6-5-7-15(12-13)14(2)19-16(20)8-9-17(3,4)10-11-18/h5-7,12,14H,8-11,18H2,1-4H3,(H,19,20)/t14-/m0/s1. The van der Waals surface area contributed by atoms with Crippen molar-refractivity contribution in [3.8, 4) is 0 Å². The summed E-state index contributed by atoms with van der Waals surface area (Å²) in [6, 6.07) is 8.31. The molecule has 1 aromatic carbocycles. The first kappa shape index (κ1) is 16.7. The number of nitrogens with two attached hydrogens (primary N) is 1. The summed E-state index contributed by atoms with van der Waals surface area (Å²) in [4.78, 5) is 12.0. The zero-order valence-electron chi connectivity index (χ0n) is 13.2. The molecule has 1 atom stereocenters. The van der Waals surface area contributed by atoms with E-state index in [9.17, 15) is 4.79 Å². The van der Waals surface area contributed by atoms with E-state index in [1.54, 1.807) is 0 Å². The molecule has 20 heavy (non-hydrogen) atoms. The normalized spacial score (nSPS) is 13.1. The lowest BCUT2D eigenvalue weighted by Gasteiger charge is -2.24. The van der Waals surface area contributed by atoms with E-state index in [0.717, 1.165) is 18.4 Å². The summed E-state index contributed by atoms with van der Waals surface area (Å²) >= 11 is 0. The van der Waals surface area contributed by atoms with Gasteiger partial charge >= 0.3 is 0 Å². The van der Waals surface area contributed by atoms with E-state index in [0.29, 0.717) is 13.0 Å². The lowest BCUT2D eigenvalue weighted by Crippen LogP contribution is -2.28. The van der Waals surface area contributed by atoms with Crippen LogP contribution in [0.4, 0.5) is 0 Å². The molecular weight excluding hydrogens is 248 g/mol. The Labute approximate surface area is 122 Å². The molecule has 0 bridgehead atoms. The molecular formula is C17H28N2O. The molecule has 0 aromatic heterocycles. The quantitative estimate of drug-likeness (QED) is 0.802. The first-order chi connectivity index (χ1) is 9.34. The average Bonchev–Trinajstić information content (AvgIpc) is 2.36. The third kappa shape index (κ3) is 5.74. The van der Waals surface area contributed by atoms with E-state index in [-0.39, 0.29) is 17.4 Å². The van der Waals surface area contributed by atoms with Crippen LogP contribution in [0.2, 0.25) is 0 Å². The molecule has 0 aliphatic rings. The molecule has 0 unspecified atom stereocenters. The molecule has 0 aliphatic carbocycles. The highest BCUT2D eigenvalue weighted by molar-refractivity contribution is 5.76. The summed E-state index contributed by atoms with van der Waals surface area (Å²) < 4.78 is 0. The lowest BCUT2D eigenvalue weighted by atomic mass is 9.84. The molecule has 3 N–H and O–H groups in total. The van der Waals surface area contributed by atoms with Crippen molar-refractivity contribution in [3.05, 3.63) is 35.4 Å². The number of benzene rings is 1. The van der Waals surface area contributed by atoms with Crippen LogP contribution in [-0.2, 0) is 4.79 Å². The molecule has 0 spiro atoms. The fraction of sp³-hybridized carbons (Fsp3) is 0.588. The van der Waals surface area contributed by atoms with Crippen molar-refractivity contribution < 1.29 is 4.79 Å². The van der Waals surface area contributed by atoms with Gasteiger partial charge < -0.3 is 11.1 Å². The Morgan fingerprint density at radius 2 is 2.05 bits per heavy atom. The van der Waals surface area contributed by atoms with Crippen LogP contribution in [0.5, 0.6) is 0 Å². The molecule has 3 heteroatoms. The van der Waals surface area contributed by atoms with Crippen LogP contribution in [0.3, 0.4) is 0 Å². The number of hydrogen-bond donors (Lipinski definition) is 2. The number of amides is 1. The highest BCUT2D eigenvalue weighted by atomic mass is 16.1. The smallest absolute Gasteiger partial charge is 0.220 e. The highest BCUT2D eigenvalue weighted by Crippen LogP contribution is 2.26. The van der Waals surface area contributed by atoms with Gasteiger partial charge in [-0.25, -0.2) is 0 Å². The van der Waals surface area contributed by atoms with Crippen LogP contribution >= 0.6 is 0 Å². The third-order valence-electron chi connectivity index (χ3n) is 3.77. The van der Waals surface area contributed by atoms with Crippen LogP contribution in [-0.4, -0.2) is 12.5 Å². The third-order valence-corrected chi connectivity index (χ3v) is 3.77.